The van der Waals surface area contributed by atoms with Gasteiger partial charge in [0.25, 0.3) is 5.91 Å². The van der Waals surface area contributed by atoms with Gasteiger partial charge in [-0.2, -0.15) is 4.36 Å². The van der Waals surface area contributed by atoms with E-state index in [0.717, 1.165) is 6.54 Å². The van der Waals surface area contributed by atoms with Gasteiger partial charge >= 0.3 is 0 Å². The number of aromatic hydroxyl groups is 1. The summed E-state index contributed by atoms with van der Waals surface area (Å²) in [6.45, 7) is 3.76. The summed E-state index contributed by atoms with van der Waals surface area (Å²) in [5.74, 6) is 4.30. The Hall–Kier alpha value is -3.22. The highest BCUT2D eigenvalue weighted by Gasteiger charge is 2.07. The fourth-order valence-electron chi connectivity index (χ4n) is 2.19. The summed E-state index contributed by atoms with van der Waals surface area (Å²) in [6.07, 6.45) is 2.77. The second kappa shape index (κ2) is 11.6. The number of carbonyl (C=O) groups excluding carboxylic acids is 2. The molecule has 29 heavy (non-hydrogen) atoms. The molecule has 0 aliphatic carbocycles. The van der Waals surface area contributed by atoms with Crippen LogP contribution >= 0.6 is 0 Å². The number of carbonyl (C=O) groups is 2. The van der Waals surface area contributed by atoms with Crippen molar-refractivity contribution < 1.29 is 18.9 Å². The summed E-state index contributed by atoms with van der Waals surface area (Å²) in [5.41, 5.74) is 1.20. The molecule has 1 atom stereocenters. The predicted octanol–water partition coefficient (Wildman–Crippen LogP) is 0.718. The monoisotopic (exact) mass is 414 g/mol. The second-order valence-electron chi connectivity index (χ2n) is 5.88. The molecule has 1 aromatic heterocycles. The van der Waals surface area contributed by atoms with Gasteiger partial charge in [-0.25, -0.2) is 0 Å². The highest BCUT2D eigenvalue weighted by atomic mass is 32.2. The average molecular weight is 414 g/mol. The van der Waals surface area contributed by atoms with Crippen molar-refractivity contribution in [3.8, 4) is 17.6 Å². The van der Waals surface area contributed by atoms with E-state index >= 15 is 0 Å². The normalized spacial score (nSPS) is 11.3. The molecule has 0 saturated heterocycles. The van der Waals surface area contributed by atoms with Gasteiger partial charge in [0, 0.05) is 36.6 Å². The van der Waals surface area contributed by atoms with Crippen LogP contribution in [0.25, 0.3) is 0 Å². The number of thiol groups is 1. The Morgan fingerprint density at radius 3 is 2.72 bits per heavy atom. The minimum Gasteiger partial charge on any atom is -0.508 e. The number of phenols is 1. The summed E-state index contributed by atoms with van der Waals surface area (Å²) in [4.78, 5) is 27.8. The van der Waals surface area contributed by atoms with Gasteiger partial charge in [-0.15, -0.1) is 0 Å². The van der Waals surface area contributed by atoms with E-state index in [1.54, 1.807) is 12.1 Å². The first kappa shape index (κ1) is 22.1. The van der Waals surface area contributed by atoms with Crippen molar-refractivity contribution in [3.05, 3.63) is 59.4 Å². The number of nitrogens with zero attached hydrogens (tertiary/aromatic N) is 2. The molecule has 2 rings (SSSR count). The highest BCUT2D eigenvalue weighted by Crippen LogP contribution is 2.10. The molecule has 1 heterocycles. The molecule has 8 nitrogen and oxygen atoms in total. The summed E-state index contributed by atoms with van der Waals surface area (Å²) < 4.78 is 15.5. The van der Waals surface area contributed by atoms with Crippen molar-refractivity contribution in [2.75, 3.05) is 25.4 Å². The molecule has 0 fully saturated rings. The number of rotatable bonds is 7. The maximum Gasteiger partial charge on any atom is 0.286 e. The molecule has 2 aromatic rings. The fourth-order valence-corrected chi connectivity index (χ4v) is 2.94. The van der Waals surface area contributed by atoms with Gasteiger partial charge in [0.2, 0.25) is 5.91 Å². The van der Waals surface area contributed by atoms with E-state index in [1.165, 1.54) is 30.6 Å². The first-order valence-corrected chi connectivity index (χ1v) is 10.3. The van der Waals surface area contributed by atoms with Gasteiger partial charge in [0.1, 0.15) is 11.5 Å². The van der Waals surface area contributed by atoms with Gasteiger partial charge < -0.3 is 15.7 Å². The van der Waals surface area contributed by atoms with Crippen molar-refractivity contribution in [1.29, 1.82) is 0 Å². The number of likely N-dealkylation sites (N-methyl/N-ethyl adjacent to an activating group) is 1. The molecule has 0 radical (unpaired) electrons. The highest BCUT2D eigenvalue weighted by molar-refractivity contribution is 7.76. The topological polar surface area (TPSA) is 121 Å². The molecule has 9 heteroatoms. The van der Waals surface area contributed by atoms with Crippen molar-refractivity contribution >= 4 is 22.4 Å². The van der Waals surface area contributed by atoms with Crippen LogP contribution in [0.2, 0.25) is 0 Å². The molecule has 0 aliphatic rings. The zero-order valence-corrected chi connectivity index (χ0v) is 16.8. The van der Waals surface area contributed by atoms with Gasteiger partial charge in [0.15, 0.2) is 0 Å². The smallest absolute Gasteiger partial charge is 0.286 e. The van der Waals surface area contributed by atoms with Gasteiger partial charge in [-0.05, 0) is 30.8 Å². The van der Waals surface area contributed by atoms with Gasteiger partial charge in [0.05, 0.1) is 16.2 Å². The molecule has 0 spiro atoms. The second-order valence-corrected chi connectivity index (χ2v) is 7.10. The van der Waals surface area contributed by atoms with Crippen LogP contribution in [0.3, 0.4) is 0 Å². The minimum absolute atomic E-state index is 0.104. The third kappa shape index (κ3) is 8.13. The molecule has 152 valence electrons. The summed E-state index contributed by atoms with van der Waals surface area (Å²) in [5, 5.41) is 15.1. The third-order valence-electron chi connectivity index (χ3n) is 3.54. The lowest BCUT2D eigenvalue weighted by Gasteiger charge is -2.03. The maximum absolute atomic E-state index is 12.2. The van der Waals surface area contributed by atoms with Crippen LogP contribution in [-0.2, 0) is 15.4 Å². The van der Waals surface area contributed by atoms with Crippen LogP contribution in [0.4, 0.5) is 0 Å². The number of hydrogen-bond donors (Lipinski definition) is 4. The Morgan fingerprint density at radius 1 is 1.17 bits per heavy atom. The van der Waals surface area contributed by atoms with E-state index in [0.29, 0.717) is 24.2 Å². The van der Waals surface area contributed by atoms with Crippen molar-refractivity contribution in [2.24, 2.45) is 4.36 Å². The SMILES string of the molecule is CCNCCNC(=O)C/[SH](=O)=N/C(=O)c1cncc(C#Cc2cccc(O)c2)c1. The number of nitrogens with one attached hydrogen (secondary N) is 2. The Labute approximate surface area is 171 Å². The van der Waals surface area contributed by atoms with Crippen molar-refractivity contribution in [3.63, 3.8) is 0 Å². The van der Waals surface area contributed by atoms with E-state index in [4.69, 9.17) is 0 Å². The Balaban J connectivity index is 2.01. The van der Waals surface area contributed by atoms with Gasteiger partial charge in [-0.3, -0.25) is 18.8 Å². The summed E-state index contributed by atoms with van der Waals surface area (Å²) in [7, 11) is -2.36. The molecule has 1 unspecified atom stereocenters. The van der Waals surface area contributed by atoms with Crippen molar-refractivity contribution in [2.45, 2.75) is 6.92 Å². The number of hydrogen-bond acceptors (Lipinski definition) is 6. The number of aromatic nitrogens is 1. The van der Waals surface area contributed by atoms with E-state index in [1.807, 2.05) is 6.92 Å². The lowest BCUT2D eigenvalue weighted by molar-refractivity contribution is -0.118. The molecule has 0 bridgehead atoms. The zero-order chi connectivity index (χ0) is 21.1. The third-order valence-corrected chi connectivity index (χ3v) is 4.50. The van der Waals surface area contributed by atoms with E-state index in [9.17, 15) is 18.9 Å². The van der Waals surface area contributed by atoms with E-state index in [-0.39, 0.29) is 17.1 Å². The minimum atomic E-state index is -2.36. The molecule has 0 aliphatic heterocycles. The molecule has 1 aromatic carbocycles. The van der Waals surface area contributed by atoms with Crippen LogP contribution in [0.5, 0.6) is 5.75 Å². The maximum atomic E-state index is 12.2. The van der Waals surface area contributed by atoms with Crippen LogP contribution in [0, 0.1) is 11.8 Å². The standard InChI is InChI=1S/C20H22N4O4S/c1-2-21-8-9-23-19(26)14-29(28)24-20(27)17-10-16(12-22-13-17)7-6-15-4-3-5-18(25)11-15/h3-5,10-13,21,25,29H,2,8-9,14H2,1H3,(H,23,26). The van der Waals surface area contributed by atoms with Gasteiger partial charge in [-0.1, -0.05) is 24.8 Å². The zero-order valence-electron chi connectivity index (χ0n) is 15.9. The number of benzene rings is 1. The first-order chi connectivity index (χ1) is 14.0. The Kier molecular flexibility index (Phi) is 8.82. The lowest BCUT2D eigenvalue weighted by atomic mass is 10.1. The molecular weight excluding hydrogens is 392 g/mol. The molecule has 2 amide bonds. The first-order valence-electron chi connectivity index (χ1n) is 8.92. The van der Waals surface area contributed by atoms with E-state index in [2.05, 4.69) is 31.8 Å². The quantitative estimate of drug-likeness (QED) is 0.301. The summed E-state index contributed by atoms with van der Waals surface area (Å²) >= 11 is 0. The van der Waals surface area contributed by atoms with Crippen LogP contribution in [0.1, 0.15) is 28.4 Å². The van der Waals surface area contributed by atoms with Crippen LogP contribution in [0.15, 0.2) is 47.1 Å². The number of amides is 2. The fraction of sp³-hybridized carbons (Fsp3) is 0.250. The largest absolute Gasteiger partial charge is 0.508 e. The average Bonchev–Trinajstić information content (AvgIpc) is 2.70. The molecule has 0 saturated carbocycles. The van der Waals surface area contributed by atoms with E-state index < -0.39 is 22.4 Å². The lowest BCUT2D eigenvalue weighted by Crippen LogP contribution is -2.33. The number of pyridine rings is 1. The predicted molar refractivity (Wildman–Crippen MR) is 111 cm³/mol. The Bertz CT molecular complexity index is 1020. The Morgan fingerprint density at radius 2 is 1.97 bits per heavy atom. The summed E-state index contributed by atoms with van der Waals surface area (Å²) in [6, 6.07) is 7.94. The van der Waals surface area contributed by atoms with Crippen LogP contribution < -0.4 is 10.6 Å². The molecular formula is C20H22N4O4S. The molecule has 3 N–H and O–H groups in total. The number of phenolic OH excluding ortho intramolecular Hbond substituents is 1. The van der Waals surface area contributed by atoms with Crippen molar-refractivity contribution in [1.82, 2.24) is 15.6 Å². The van der Waals surface area contributed by atoms with Crippen LogP contribution in [-0.4, -0.2) is 51.5 Å².